The van der Waals surface area contributed by atoms with Gasteiger partial charge in [-0.2, -0.15) is 5.10 Å². The third-order valence-corrected chi connectivity index (χ3v) is 7.07. The van der Waals surface area contributed by atoms with E-state index >= 15 is 0 Å². The summed E-state index contributed by atoms with van der Waals surface area (Å²) >= 11 is 12.7. The summed E-state index contributed by atoms with van der Waals surface area (Å²) in [6, 6.07) is 14.8. The highest BCUT2D eigenvalue weighted by Crippen LogP contribution is 2.40. The van der Waals surface area contributed by atoms with Crippen LogP contribution in [0.5, 0.6) is 0 Å². The van der Waals surface area contributed by atoms with Crippen molar-refractivity contribution in [3.8, 4) is 5.69 Å². The second kappa shape index (κ2) is 8.56. The van der Waals surface area contributed by atoms with Crippen LogP contribution >= 0.6 is 23.2 Å². The van der Waals surface area contributed by atoms with Crippen LogP contribution in [-0.4, -0.2) is 56.7 Å². The fourth-order valence-electron chi connectivity index (χ4n) is 4.40. The molecule has 0 spiro atoms. The van der Waals surface area contributed by atoms with Gasteiger partial charge in [0.15, 0.2) is 5.65 Å². The van der Waals surface area contributed by atoms with Gasteiger partial charge in [0.05, 0.1) is 32.9 Å². The molecular weight excluding hydrogens is 471 g/mol. The average Bonchev–Trinajstić information content (AvgIpc) is 3.63. The summed E-state index contributed by atoms with van der Waals surface area (Å²) < 4.78 is 1.80. The molecule has 1 aliphatic heterocycles. The quantitative estimate of drug-likeness (QED) is 0.402. The molecule has 2 aromatic heterocycles. The monoisotopic (exact) mass is 492 g/mol. The summed E-state index contributed by atoms with van der Waals surface area (Å²) in [6.45, 7) is 2.52. The highest BCUT2D eigenvalue weighted by atomic mass is 35.5. The van der Waals surface area contributed by atoms with E-state index in [0.29, 0.717) is 47.7 Å². The van der Waals surface area contributed by atoms with Crippen molar-refractivity contribution in [3.05, 3.63) is 76.2 Å². The van der Waals surface area contributed by atoms with Gasteiger partial charge in [-0.15, -0.1) is 0 Å². The number of fused-ring (bicyclic) bond motifs is 1. The Kier molecular flexibility index (Phi) is 5.38. The molecule has 0 atom stereocenters. The molecule has 0 radical (unpaired) electrons. The molecule has 1 amide bonds. The predicted molar refractivity (Wildman–Crippen MR) is 133 cm³/mol. The highest BCUT2D eigenvalue weighted by molar-refractivity contribution is 6.33. The highest BCUT2D eigenvalue weighted by Gasteiger charge is 2.31. The van der Waals surface area contributed by atoms with Crippen LogP contribution in [0.1, 0.15) is 34.9 Å². The van der Waals surface area contributed by atoms with Gasteiger partial charge in [0.25, 0.3) is 5.91 Å². The second-order valence-corrected chi connectivity index (χ2v) is 9.50. The lowest BCUT2D eigenvalue weighted by Gasteiger charge is -2.35. The van der Waals surface area contributed by atoms with Gasteiger partial charge in [-0.05, 0) is 37.1 Å². The van der Waals surface area contributed by atoms with Crippen LogP contribution in [0.4, 0.5) is 5.82 Å². The van der Waals surface area contributed by atoms with E-state index in [9.17, 15) is 4.79 Å². The number of benzene rings is 2. The van der Waals surface area contributed by atoms with E-state index in [1.54, 1.807) is 16.8 Å². The van der Waals surface area contributed by atoms with Crippen LogP contribution < -0.4 is 4.90 Å². The van der Waals surface area contributed by atoms with Gasteiger partial charge in [-0.25, -0.2) is 14.6 Å². The maximum Gasteiger partial charge on any atom is 0.255 e. The van der Waals surface area contributed by atoms with Gasteiger partial charge in [0.2, 0.25) is 0 Å². The largest absolute Gasteiger partial charge is 0.352 e. The molecule has 1 aliphatic carbocycles. The Bertz CT molecular complexity index is 1390. The van der Waals surface area contributed by atoms with Crippen LogP contribution in [0.2, 0.25) is 10.0 Å². The zero-order chi connectivity index (χ0) is 23.2. The first-order valence-corrected chi connectivity index (χ1v) is 12.1. The molecule has 7 nitrogen and oxygen atoms in total. The van der Waals surface area contributed by atoms with Crippen molar-refractivity contribution in [3.63, 3.8) is 0 Å². The number of amides is 1. The zero-order valence-corrected chi connectivity index (χ0v) is 19.9. The van der Waals surface area contributed by atoms with Gasteiger partial charge < -0.3 is 9.80 Å². The summed E-state index contributed by atoms with van der Waals surface area (Å²) in [5, 5.41) is 6.60. The lowest BCUT2D eigenvalue weighted by Crippen LogP contribution is -2.49. The molecule has 1 saturated carbocycles. The maximum atomic E-state index is 13.0. The Hall–Kier alpha value is -3.16. The number of halogens is 2. The number of anilines is 1. The van der Waals surface area contributed by atoms with Crippen molar-refractivity contribution in [2.24, 2.45) is 0 Å². The standard InChI is InChI=1S/C25H22Cl2N6O/c26-19-6-2-1-5-17(19)25(34)32-13-11-31(12-14-32)23-18-15-28-33(21-8-4-3-7-20(21)27)24(18)30-22(29-23)16-9-10-16/h1-8,15-16H,9-14H2. The first kappa shape index (κ1) is 21.4. The summed E-state index contributed by atoms with van der Waals surface area (Å²) in [6.07, 6.45) is 4.02. The number of hydrogen-bond donors (Lipinski definition) is 0. The molecule has 4 aromatic rings. The smallest absolute Gasteiger partial charge is 0.255 e. The Morgan fingerprint density at radius 3 is 2.29 bits per heavy atom. The van der Waals surface area contributed by atoms with Crippen molar-refractivity contribution < 1.29 is 4.79 Å². The summed E-state index contributed by atoms with van der Waals surface area (Å²) in [4.78, 5) is 26.9. The molecule has 1 saturated heterocycles. The third kappa shape index (κ3) is 3.79. The minimum Gasteiger partial charge on any atom is -0.352 e. The Morgan fingerprint density at radius 2 is 1.59 bits per heavy atom. The number of para-hydroxylation sites is 1. The van der Waals surface area contributed by atoms with Crippen LogP contribution in [-0.2, 0) is 0 Å². The lowest BCUT2D eigenvalue weighted by molar-refractivity contribution is 0.0747. The lowest BCUT2D eigenvalue weighted by atomic mass is 10.1. The van der Waals surface area contributed by atoms with Crippen LogP contribution in [0.25, 0.3) is 16.7 Å². The minimum atomic E-state index is -0.0386. The van der Waals surface area contributed by atoms with Gasteiger partial charge in [-0.1, -0.05) is 47.5 Å². The van der Waals surface area contributed by atoms with Crippen molar-refractivity contribution >= 4 is 46.0 Å². The third-order valence-electron chi connectivity index (χ3n) is 6.42. The van der Waals surface area contributed by atoms with Gasteiger partial charge in [-0.3, -0.25) is 4.79 Å². The molecule has 2 aliphatic rings. The Balaban J connectivity index is 1.32. The van der Waals surface area contributed by atoms with Gasteiger partial charge in [0, 0.05) is 32.1 Å². The van der Waals surface area contributed by atoms with E-state index in [2.05, 4.69) is 10.00 Å². The van der Waals surface area contributed by atoms with E-state index in [-0.39, 0.29) is 5.91 Å². The normalized spacial score (nSPS) is 16.3. The van der Waals surface area contributed by atoms with Crippen molar-refractivity contribution in [1.82, 2.24) is 24.6 Å². The Morgan fingerprint density at radius 1 is 0.882 bits per heavy atom. The van der Waals surface area contributed by atoms with E-state index in [1.165, 1.54) is 0 Å². The van der Waals surface area contributed by atoms with Gasteiger partial charge in [0.1, 0.15) is 11.6 Å². The summed E-state index contributed by atoms with van der Waals surface area (Å²) in [5.74, 6) is 2.07. The first-order valence-electron chi connectivity index (χ1n) is 11.4. The first-order chi connectivity index (χ1) is 16.6. The molecule has 0 unspecified atom stereocenters. The number of aromatic nitrogens is 4. The molecule has 0 N–H and O–H groups in total. The number of hydrogen-bond acceptors (Lipinski definition) is 5. The molecule has 0 bridgehead atoms. The summed E-state index contributed by atoms with van der Waals surface area (Å²) in [7, 11) is 0. The van der Waals surface area contributed by atoms with E-state index in [1.807, 2.05) is 47.5 Å². The number of nitrogens with zero attached hydrogens (tertiary/aromatic N) is 6. The molecule has 34 heavy (non-hydrogen) atoms. The fourth-order valence-corrected chi connectivity index (χ4v) is 4.83. The molecule has 3 heterocycles. The van der Waals surface area contributed by atoms with Crippen LogP contribution in [0.15, 0.2) is 54.7 Å². The molecule has 9 heteroatoms. The number of rotatable bonds is 4. The minimum absolute atomic E-state index is 0.0386. The number of carbonyl (C=O) groups is 1. The van der Waals surface area contributed by atoms with E-state index in [4.69, 9.17) is 33.2 Å². The maximum absolute atomic E-state index is 13.0. The van der Waals surface area contributed by atoms with Crippen LogP contribution in [0.3, 0.4) is 0 Å². The Labute approximate surface area is 206 Å². The van der Waals surface area contributed by atoms with Crippen LogP contribution in [0, 0.1) is 0 Å². The van der Waals surface area contributed by atoms with Crippen molar-refractivity contribution in [1.29, 1.82) is 0 Å². The molecule has 2 aromatic carbocycles. The topological polar surface area (TPSA) is 67.2 Å². The van der Waals surface area contributed by atoms with Gasteiger partial charge >= 0.3 is 0 Å². The number of carbonyl (C=O) groups excluding carboxylic acids is 1. The molecule has 172 valence electrons. The zero-order valence-electron chi connectivity index (χ0n) is 18.4. The van der Waals surface area contributed by atoms with Crippen molar-refractivity contribution in [2.45, 2.75) is 18.8 Å². The predicted octanol–water partition coefficient (Wildman–Crippen LogP) is 4.96. The number of piperazine rings is 1. The second-order valence-electron chi connectivity index (χ2n) is 8.68. The molecule has 2 fully saturated rings. The average molecular weight is 493 g/mol. The SMILES string of the molecule is O=C(c1ccccc1Cl)N1CCN(c2nc(C3CC3)nc3c2cnn3-c2ccccc2Cl)CC1. The van der Waals surface area contributed by atoms with Crippen molar-refractivity contribution in [2.75, 3.05) is 31.1 Å². The molecular formula is C25H22Cl2N6O. The fraction of sp³-hybridized carbons (Fsp3) is 0.280. The van der Waals surface area contributed by atoms with E-state index in [0.717, 1.165) is 41.2 Å². The van der Waals surface area contributed by atoms with E-state index < -0.39 is 0 Å². The summed E-state index contributed by atoms with van der Waals surface area (Å²) in [5.41, 5.74) is 2.09. The molecule has 6 rings (SSSR count).